The Morgan fingerprint density at radius 2 is 2.28 bits per heavy atom. The molecule has 1 atom stereocenters. The largest absolute Gasteiger partial charge is 0.497 e. The number of hydrogen-bond acceptors (Lipinski definition) is 6. The van der Waals surface area contributed by atoms with Gasteiger partial charge in [0.2, 0.25) is 5.44 Å². The van der Waals surface area contributed by atoms with Crippen LogP contribution in [0.15, 0.2) is 24.4 Å². The van der Waals surface area contributed by atoms with Crippen LogP contribution in [0.5, 0.6) is 5.75 Å². The van der Waals surface area contributed by atoms with Gasteiger partial charge in [0.25, 0.3) is 0 Å². The number of carbonyl (C=O) groups is 1. The number of carboxylic acids is 1. The van der Waals surface area contributed by atoms with Gasteiger partial charge in [-0.3, -0.25) is 0 Å². The molecule has 0 fully saturated rings. The fraction of sp³-hybridized carbons (Fsp3) is 0.200. The molecule has 98 valence electrons. The van der Waals surface area contributed by atoms with E-state index in [0.29, 0.717) is 23.2 Å². The van der Waals surface area contributed by atoms with Crippen molar-refractivity contribution >= 4 is 28.8 Å². The molecule has 0 radical (unpaired) electrons. The number of carboxylic acid groups (broad SMARTS) is 1. The summed E-state index contributed by atoms with van der Waals surface area (Å²) in [5.74, 6) is -0.604. The van der Waals surface area contributed by atoms with E-state index in [9.17, 15) is 9.90 Å². The molecule has 0 aliphatic carbocycles. The predicted octanol–water partition coefficient (Wildman–Crippen LogP) is 1.11. The van der Waals surface area contributed by atoms with Gasteiger partial charge in [-0.25, -0.2) is 8.88 Å². The summed E-state index contributed by atoms with van der Waals surface area (Å²) < 4.78 is 6.39. The van der Waals surface area contributed by atoms with Gasteiger partial charge in [-0.2, -0.15) is 5.10 Å². The third-order valence-electron chi connectivity index (χ3n) is 2.11. The third-order valence-corrected chi connectivity index (χ3v) is 2.91. The van der Waals surface area contributed by atoms with E-state index in [1.807, 2.05) is 0 Å². The maximum atomic E-state index is 10.5. The monoisotopic (exact) mass is 271 g/mol. The number of fused-ring (bicyclic) bond motifs is 1. The van der Waals surface area contributed by atoms with Gasteiger partial charge < -0.3 is 21.1 Å². The maximum Gasteiger partial charge on any atom is 0.345 e. The van der Waals surface area contributed by atoms with Gasteiger partial charge in [0, 0.05) is 23.5 Å². The minimum atomic E-state index is -1.54. The standard InChI is InChI=1S/C10H10N2O4S.H3N/c1-16-7-2-3-8-6(4-7)5-12(11-8)17-10(15)9(13)14;/h2-5,10,15H,1H3,(H,13,14);1H3. The quantitative estimate of drug-likeness (QED) is 0.712. The van der Waals surface area contributed by atoms with Crippen LogP contribution < -0.4 is 10.9 Å². The van der Waals surface area contributed by atoms with E-state index in [1.54, 1.807) is 31.5 Å². The molecular weight excluding hydrogens is 258 g/mol. The number of rotatable bonds is 4. The highest BCUT2D eigenvalue weighted by Gasteiger charge is 2.15. The van der Waals surface area contributed by atoms with Crippen LogP contribution in [0.3, 0.4) is 0 Å². The molecule has 8 heteroatoms. The average Bonchev–Trinajstić information content (AvgIpc) is 2.69. The molecule has 0 saturated heterocycles. The molecule has 0 spiro atoms. The van der Waals surface area contributed by atoms with E-state index in [2.05, 4.69) is 5.10 Å². The van der Waals surface area contributed by atoms with E-state index in [-0.39, 0.29) is 6.15 Å². The molecule has 2 rings (SSSR count). The van der Waals surface area contributed by atoms with E-state index in [1.165, 1.54) is 4.09 Å². The highest BCUT2D eigenvalue weighted by molar-refractivity contribution is 7.98. The van der Waals surface area contributed by atoms with Crippen LogP contribution in [0.1, 0.15) is 0 Å². The molecule has 1 unspecified atom stereocenters. The van der Waals surface area contributed by atoms with Gasteiger partial charge in [0.05, 0.1) is 12.6 Å². The van der Waals surface area contributed by atoms with Gasteiger partial charge >= 0.3 is 5.97 Å². The molecule has 2 aromatic rings. The van der Waals surface area contributed by atoms with Gasteiger partial charge in [-0.05, 0) is 18.2 Å². The first-order valence-corrected chi connectivity index (χ1v) is 5.55. The Morgan fingerprint density at radius 1 is 1.56 bits per heavy atom. The first kappa shape index (κ1) is 14.3. The smallest absolute Gasteiger partial charge is 0.345 e. The number of aliphatic carboxylic acids is 1. The van der Waals surface area contributed by atoms with Crippen molar-refractivity contribution in [2.45, 2.75) is 5.44 Å². The molecule has 1 heterocycles. The number of aliphatic hydroxyl groups is 1. The molecule has 1 aromatic carbocycles. The number of hydrogen-bond donors (Lipinski definition) is 3. The summed E-state index contributed by atoms with van der Waals surface area (Å²) in [5.41, 5.74) is -0.831. The number of aromatic nitrogens is 2. The third kappa shape index (κ3) is 2.92. The topological polar surface area (TPSA) is 120 Å². The zero-order valence-corrected chi connectivity index (χ0v) is 10.4. The lowest BCUT2D eigenvalue weighted by atomic mass is 10.2. The van der Waals surface area contributed by atoms with E-state index < -0.39 is 11.4 Å². The highest BCUT2D eigenvalue weighted by atomic mass is 32.2. The number of methoxy groups -OCH3 is 1. The SMILES string of the molecule is COc1ccc2nn(SC(O)C(=O)O)cc2c1.N. The van der Waals surface area contributed by atoms with Gasteiger partial charge in [-0.15, -0.1) is 0 Å². The first-order valence-electron chi connectivity index (χ1n) is 4.71. The molecule has 5 N–H and O–H groups in total. The lowest BCUT2D eigenvalue weighted by Gasteiger charge is -2.02. The average molecular weight is 271 g/mol. The number of benzene rings is 1. The molecule has 0 saturated carbocycles. The van der Waals surface area contributed by atoms with Crippen molar-refractivity contribution in [1.82, 2.24) is 15.3 Å². The summed E-state index contributed by atoms with van der Waals surface area (Å²) in [6.45, 7) is 0. The lowest BCUT2D eigenvalue weighted by molar-refractivity contribution is -0.141. The van der Waals surface area contributed by atoms with Crippen LogP contribution in [0.4, 0.5) is 0 Å². The fourth-order valence-electron chi connectivity index (χ4n) is 1.31. The zero-order valence-electron chi connectivity index (χ0n) is 9.61. The van der Waals surface area contributed by atoms with Crippen molar-refractivity contribution in [1.29, 1.82) is 0 Å². The number of ether oxygens (including phenoxy) is 1. The summed E-state index contributed by atoms with van der Waals surface area (Å²) in [4.78, 5) is 10.5. The second-order valence-corrected chi connectivity index (χ2v) is 4.28. The van der Waals surface area contributed by atoms with E-state index in [0.717, 1.165) is 5.39 Å². The normalized spacial score (nSPS) is 11.9. The summed E-state index contributed by atoms with van der Waals surface area (Å²) in [6.07, 6.45) is 1.63. The Kier molecular flexibility index (Phi) is 4.54. The molecule has 0 aliphatic rings. The Balaban J connectivity index is 0.00000162. The lowest BCUT2D eigenvalue weighted by Crippen LogP contribution is -2.16. The van der Waals surface area contributed by atoms with Crippen LogP contribution >= 0.6 is 11.9 Å². The van der Waals surface area contributed by atoms with Crippen molar-refractivity contribution in [2.75, 3.05) is 7.11 Å². The second kappa shape index (κ2) is 5.71. The van der Waals surface area contributed by atoms with Gasteiger partial charge in [-0.1, -0.05) is 0 Å². The van der Waals surface area contributed by atoms with Gasteiger partial charge in [0.1, 0.15) is 5.75 Å². The Morgan fingerprint density at radius 3 is 2.89 bits per heavy atom. The number of aliphatic hydroxyl groups excluding tert-OH is 1. The van der Waals surface area contributed by atoms with Crippen molar-refractivity contribution in [3.05, 3.63) is 24.4 Å². The van der Waals surface area contributed by atoms with E-state index in [4.69, 9.17) is 9.84 Å². The molecule has 18 heavy (non-hydrogen) atoms. The second-order valence-electron chi connectivity index (χ2n) is 3.25. The van der Waals surface area contributed by atoms with Gasteiger partial charge in [0.15, 0.2) is 0 Å². The summed E-state index contributed by atoms with van der Waals surface area (Å²) >= 11 is 0.712. The molecule has 0 bridgehead atoms. The summed E-state index contributed by atoms with van der Waals surface area (Å²) in [5, 5.41) is 22.7. The van der Waals surface area contributed by atoms with Crippen molar-refractivity contribution in [3.8, 4) is 5.75 Å². The Hall–Kier alpha value is -1.77. The molecule has 0 aliphatic heterocycles. The molecule has 7 nitrogen and oxygen atoms in total. The first-order chi connectivity index (χ1) is 8.10. The Labute approximate surface area is 107 Å². The summed E-state index contributed by atoms with van der Waals surface area (Å²) in [7, 11) is 1.56. The van der Waals surface area contributed by atoms with Crippen molar-refractivity contribution in [3.63, 3.8) is 0 Å². The van der Waals surface area contributed by atoms with Crippen molar-refractivity contribution in [2.24, 2.45) is 0 Å². The summed E-state index contributed by atoms with van der Waals surface area (Å²) in [6, 6.07) is 5.31. The van der Waals surface area contributed by atoms with Crippen LogP contribution in [-0.2, 0) is 4.79 Å². The maximum absolute atomic E-state index is 10.5. The van der Waals surface area contributed by atoms with Crippen LogP contribution in [-0.4, -0.2) is 37.9 Å². The molecule has 1 aromatic heterocycles. The number of nitrogens with zero attached hydrogens (tertiary/aromatic N) is 2. The zero-order chi connectivity index (χ0) is 12.4. The van der Waals surface area contributed by atoms with Crippen LogP contribution in [0, 0.1) is 0 Å². The minimum Gasteiger partial charge on any atom is -0.497 e. The molecule has 0 amide bonds. The van der Waals surface area contributed by atoms with E-state index >= 15 is 0 Å². The fourth-order valence-corrected chi connectivity index (χ4v) is 1.91. The van der Waals surface area contributed by atoms with Crippen LogP contribution in [0.25, 0.3) is 10.9 Å². The molecular formula is C10H13N3O4S. The van der Waals surface area contributed by atoms with Crippen LogP contribution in [0.2, 0.25) is 0 Å². The Bertz CT molecular complexity index is 557. The van der Waals surface area contributed by atoms with Crippen molar-refractivity contribution < 1.29 is 19.7 Å². The minimum absolute atomic E-state index is 0. The highest BCUT2D eigenvalue weighted by Crippen LogP contribution is 2.22. The predicted molar refractivity (Wildman–Crippen MR) is 67.9 cm³/mol.